The number of thiazole rings is 1. The monoisotopic (exact) mass is 196 g/mol. The number of rotatable bonds is 4. The lowest BCUT2D eigenvalue weighted by Crippen LogP contribution is -2.24. The summed E-state index contributed by atoms with van der Waals surface area (Å²) in [6.45, 7) is 7.36. The Bertz CT molecular complexity index is 262. The molecule has 3 heteroatoms. The van der Waals surface area contributed by atoms with Crippen molar-refractivity contribution in [2.75, 3.05) is 6.54 Å². The number of aromatic nitrogens is 1. The minimum absolute atomic E-state index is 0.541. The Morgan fingerprint density at radius 1 is 1.69 bits per heavy atom. The fourth-order valence-electron chi connectivity index (χ4n) is 0.933. The lowest BCUT2D eigenvalue weighted by molar-refractivity contribution is 0.623. The van der Waals surface area contributed by atoms with E-state index in [0.29, 0.717) is 6.04 Å². The van der Waals surface area contributed by atoms with Gasteiger partial charge in [0.15, 0.2) is 0 Å². The first-order valence-corrected chi connectivity index (χ1v) is 5.36. The van der Waals surface area contributed by atoms with E-state index in [0.717, 1.165) is 11.6 Å². The molecule has 0 radical (unpaired) electrons. The molecule has 1 aromatic rings. The Kier molecular flexibility index (Phi) is 4.12. The summed E-state index contributed by atoms with van der Waals surface area (Å²) in [5.74, 6) is 0. The van der Waals surface area contributed by atoms with Crippen molar-refractivity contribution in [2.45, 2.75) is 26.8 Å². The lowest BCUT2D eigenvalue weighted by atomic mass is 10.2. The second-order valence-corrected chi connectivity index (χ2v) is 4.32. The summed E-state index contributed by atoms with van der Waals surface area (Å²) in [5, 5.41) is 6.45. The second kappa shape index (κ2) is 5.14. The molecule has 72 valence electrons. The Morgan fingerprint density at radius 2 is 2.46 bits per heavy atom. The molecule has 0 atom stereocenters. The van der Waals surface area contributed by atoms with Gasteiger partial charge in [-0.15, -0.1) is 11.3 Å². The lowest BCUT2D eigenvalue weighted by Gasteiger charge is -2.07. The third-order valence-electron chi connectivity index (χ3n) is 1.61. The van der Waals surface area contributed by atoms with Gasteiger partial charge in [0, 0.05) is 24.2 Å². The van der Waals surface area contributed by atoms with Crippen LogP contribution in [0.15, 0.2) is 17.2 Å². The van der Waals surface area contributed by atoms with Crippen LogP contribution in [0.5, 0.6) is 0 Å². The maximum Gasteiger partial charge on any atom is 0.115 e. The summed E-state index contributed by atoms with van der Waals surface area (Å²) in [4.78, 5) is 4.20. The van der Waals surface area contributed by atoms with Crippen molar-refractivity contribution in [2.24, 2.45) is 0 Å². The first-order chi connectivity index (χ1) is 6.18. The molecular formula is C10H16N2S. The number of nitrogens with zero attached hydrogens (tertiary/aromatic N) is 1. The van der Waals surface area contributed by atoms with Crippen molar-refractivity contribution in [1.29, 1.82) is 0 Å². The van der Waals surface area contributed by atoms with Crippen LogP contribution in [-0.2, 0) is 0 Å². The van der Waals surface area contributed by atoms with Gasteiger partial charge in [0.2, 0.25) is 0 Å². The van der Waals surface area contributed by atoms with Gasteiger partial charge in [0.1, 0.15) is 5.01 Å². The predicted octanol–water partition coefficient (Wildman–Crippen LogP) is 2.54. The Morgan fingerprint density at radius 3 is 3.00 bits per heavy atom. The summed E-state index contributed by atoms with van der Waals surface area (Å²) in [6.07, 6.45) is 3.96. The van der Waals surface area contributed by atoms with Crippen LogP contribution in [0.2, 0.25) is 0 Å². The van der Waals surface area contributed by atoms with Gasteiger partial charge in [0.25, 0.3) is 0 Å². The zero-order valence-corrected chi connectivity index (χ0v) is 9.19. The van der Waals surface area contributed by atoms with Crippen LogP contribution >= 0.6 is 11.3 Å². The van der Waals surface area contributed by atoms with E-state index in [-0.39, 0.29) is 0 Å². The average Bonchev–Trinajstić information content (AvgIpc) is 2.53. The molecule has 0 aliphatic carbocycles. The molecule has 13 heavy (non-hydrogen) atoms. The van der Waals surface area contributed by atoms with Crippen molar-refractivity contribution < 1.29 is 0 Å². The van der Waals surface area contributed by atoms with E-state index < -0.39 is 0 Å². The van der Waals surface area contributed by atoms with Crippen LogP contribution in [0.4, 0.5) is 0 Å². The normalized spacial score (nSPS) is 12.5. The molecule has 1 heterocycles. The van der Waals surface area contributed by atoms with Crippen LogP contribution in [0.3, 0.4) is 0 Å². The highest BCUT2D eigenvalue weighted by Crippen LogP contribution is 2.08. The molecule has 0 amide bonds. The van der Waals surface area contributed by atoms with Crippen LogP contribution in [0.25, 0.3) is 6.08 Å². The van der Waals surface area contributed by atoms with E-state index in [1.807, 2.05) is 11.6 Å². The zero-order chi connectivity index (χ0) is 9.68. The first-order valence-electron chi connectivity index (χ1n) is 4.48. The minimum Gasteiger partial charge on any atom is -0.311 e. The molecule has 0 aromatic carbocycles. The van der Waals surface area contributed by atoms with Crippen LogP contribution in [-0.4, -0.2) is 17.6 Å². The molecule has 0 fully saturated rings. The number of hydrogen-bond acceptors (Lipinski definition) is 3. The van der Waals surface area contributed by atoms with Gasteiger partial charge in [-0.05, 0) is 13.0 Å². The smallest absolute Gasteiger partial charge is 0.115 e. The van der Waals surface area contributed by atoms with E-state index in [9.17, 15) is 0 Å². The summed E-state index contributed by atoms with van der Waals surface area (Å²) in [5.41, 5.74) is 1.32. The van der Waals surface area contributed by atoms with E-state index in [2.05, 4.69) is 37.1 Å². The fourth-order valence-corrected chi connectivity index (χ4v) is 1.58. The largest absolute Gasteiger partial charge is 0.311 e. The van der Waals surface area contributed by atoms with Gasteiger partial charge in [-0.25, -0.2) is 4.98 Å². The Balaban J connectivity index is 2.43. The fraction of sp³-hybridized carbons (Fsp3) is 0.500. The van der Waals surface area contributed by atoms with Crippen LogP contribution < -0.4 is 5.32 Å². The van der Waals surface area contributed by atoms with Gasteiger partial charge in [-0.2, -0.15) is 0 Å². The van der Waals surface area contributed by atoms with Crippen molar-refractivity contribution in [1.82, 2.24) is 10.3 Å². The van der Waals surface area contributed by atoms with Gasteiger partial charge >= 0.3 is 0 Å². The van der Waals surface area contributed by atoms with Gasteiger partial charge < -0.3 is 5.32 Å². The van der Waals surface area contributed by atoms with Gasteiger partial charge in [-0.1, -0.05) is 19.4 Å². The maximum atomic E-state index is 4.20. The van der Waals surface area contributed by atoms with Gasteiger partial charge in [0.05, 0.1) is 0 Å². The molecule has 0 spiro atoms. The highest BCUT2D eigenvalue weighted by Gasteiger charge is 1.95. The topological polar surface area (TPSA) is 24.9 Å². The zero-order valence-electron chi connectivity index (χ0n) is 8.37. The quantitative estimate of drug-likeness (QED) is 0.800. The Hall–Kier alpha value is -0.670. The first kappa shape index (κ1) is 10.4. The molecule has 1 N–H and O–H groups in total. The number of nitrogens with one attached hydrogen (secondary N) is 1. The van der Waals surface area contributed by atoms with E-state index in [4.69, 9.17) is 0 Å². The highest BCUT2D eigenvalue weighted by molar-refractivity contribution is 7.10. The Labute approximate surface area is 83.7 Å². The van der Waals surface area contributed by atoms with E-state index in [1.165, 1.54) is 5.57 Å². The molecule has 1 aromatic heterocycles. The van der Waals surface area contributed by atoms with Gasteiger partial charge in [-0.3, -0.25) is 0 Å². The average molecular weight is 196 g/mol. The SMILES string of the molecule is C/C(=C\c1nccs1)CNC(C)C. The molecule has 0 aliphatic rings. The van der Waals surface area contributed by atoms with Crippen molar-refractivity contribution in [3.8, 4) is 0 Å². The van der Waals surface area contributed by atoms with E-state index in [1.54, 1.807) is 11.3 Å². The second-order valence-electron chi connectivity index (χ2n) is 3.40. The molecule has 1 rings (SSSR count). The van der Waals surface area contributed by atoms with Crippen molar-refractivity contribution in [3.05, 3.63) is 22.2 Å². The molecule has 0 bridgehead atoms. The van der Waals surface area contributed by atoms with Crippen LogP contribution in [0.1, 0.15) is 25.8 Å². The third kappa shape index (κ3) is 4.20. The summed E-state index contributed by atoms with van der Waals surface area (Å²) in [6, 6.07) is 0.541. The summed E-state index contributed by atoms with van der Waals surface area (Å²) < 4.78 is 0. The standard InChI is InChI=1S/C10H16N2S/c1-8(2)12-7-9(3)6-10-11-4-5-13-10/h4-6,8,12H,7H2,1-3H3/b9-6+. The van der Waals surface area contributed by atoms with Crippen molar-refractivity contribution in [3.63, 3.8) is 0 Å². The summed E-state index contributed by atoms with van der Waals surface area (Å²) >= 11 is 1.67. The maximum absolute atomic E-state index is 4.20. The molecule has 2 nitrogen and oxygen atoms in total. The molecule has 0 saturated heterocycles. The van der Waals surface area contributed by atoms with E-state index >= 15 is 0 Å². The molecule has 0 saturated carbocycles. The molecule has 0 aliphatic heterocycles. The molecule has 0 unspecified atom stereocenters. The third-order valence-corrected chi connectivity index (χ3v) is 2.33. The van der Waals surface area contributed by atoms with Crippen LogP contribution in [0, 0.1) is 0 Å². The highest BCUT2D eigenvalue weighted by atomic mass is 32.1. The molecular weight excluding hydrogens is 180 g/mol. The summed E-state index contributed by atoms with van der Waals surface area (Å²) in [7, 11) is 0. The van der Waals surface area contributed by atoms with Crippen molar-refractivity contribution >= 4 is 17.4 Å². The number of hydrogen-bond donors (Lipinski definition) is 1. The minimum atomic E-state index is 0.541. The predicted molar refractivity (Wildman–Crippen MR) is 58.9 cm³/mol.